The first kappa shape index (κ1) is 11.5. The number of hydrogen-bond acceptors (Lipinski definition) is 1. The van der Waals surface area contributed by atoms with Gasteiger partial charge in [0.1, 0.15) is 0 Å². The number of benzene rings is 1. The molecule has 3 heteroatoms. The van der Waals surface area contributed by atoms with Crippen molar-refractivity contribution in [3.63, 3.8) is 0 Å². The standard InChI is InChI=1S/C13H16F2O/c1-9-3-4-11(12(2,14)15)10(7-9)8-13(16)5-6-13/h3-4,7,16H,5-6,8H2,1-2H3. The first-order valence-corrected chi connectivity index (χ1v) is 5.50. The summed E-state index contributed by atoms with van der Waals surface area (Å²) in [7, 11) is 0. The van der Waals surface area contributed by atoms with Crippen molar-refractivity contribution >= 4 is 0 Å². The monoisotopic (exact) mass is 226 g/mol. The second-order valence-corrected chi connectivity index (χ2v) is 4.95. The molecule has 0 saturated heterocycles. The van der Waals surface area contributed by atoms with Gasteiger partial charge in [0.15, 0.2) is 0 Å². The fourth-order valence-electron chi connectivity index (χ4n) is 1.97. The van der Waals surface area contributed by atoms with Gasteiger partial charge in [0.2, 0.25) is 0 Å². The summed E-state index contributed by atoms with van der Waals surface area (Å²) in [5.41, 5.74) is 0.839. The van der Waals surface area contributed by atoms with Crippen molar-refractivity contribution in [3.05, 3.63) is 34.9 Å². The van der Waals surface area contributed by atoms with E-state index >= 15 is 0 Å². The van der Waals surface area contributed by atoms with Gasteiger partial charge in [0, 0.05) is 18.9 Å². The van der Waals surface area contributed by atoms with E-state index in [1.54, 1.807) is 12.1 Å². The summed E-state index contributed by atoms with van der Waals surface area (Å²) in [6, 6.07) is 4.91. The Labute approximate surface area is 94.1 Å². The normalized spacial score (nSPS) is 18.6. The first-order valence-electron chi connectivity index (χ1n) is 5.50. The van der Waals surface area contributed by atoms with E-state index in [4.69, 9.17) is 0 Å². The maximum absolute atomic E-state index is 13.4. The molecule has 0 aliphatic heterocycles. The Balaban J connectivity index is 2.36. The maximum atomic E-state index is 13.4. The minimum absolute atomic E-state index is 0.0402. The van der Waals surface area contributed by atoms with Crippen LogP contribution in [-0.4, -0.2) is 10.7 Å². The van der Waals surface area contributed by atoms with Gasteiger partial charge in [-0.2, -0.15) is 0 Å². The molecule has 0 aromatic heterocycles. The molecule has 16 heavy (non-hydrogen) atoms. The summed E-state index contributed by atoms with van der Waals surface area (Å²) >= 11 is 0. The third-order valence-electron chi connectivity index (χ3n) is 3.08. The van der Waals surface area contributed by atoms with Gasteiger partial charge in [-0.3, -0.25) is 0 Å². The zero-order valence-corrected chi connectivity index (χ0v) is 9.56. The Hall–Kier alpha value is -0.960. The topological polar surface area (TPSA) is 20.2 Å². The Kier molecular flexibility index (Phi) is 2.54. The minimum atomic E-state index is -2.84. The smallest absolute Gasteiger partial charge is 0.270 e. The average Bonchev–Trinajstić information content (AvgIpc) is 2.80. The Morgan fingerprint density at radius 1 is 1.38 bits per heavy atom. The molecule has 0 spiro atoms. The van der Waals surface area contributed by atoms with Crippen LogP contribution in [0.5, 0.6) is 0 Å². The number of aliphatic hydroxyl groups is 1. The van der Waals surface area contributed by atoms with E-state index in [0.717, 1.165) is 25.3 Å². The number of aryl methyl sites for hydroxylation is 1. The van der Waals surface area contributed by atoms with Crippen LogP contribution < -0.4 is 0 Å². The molecule has 1 aliphatic rings. The molecule has 1 aromatic rings. The lowest BCUT2D eigenvalue weighted by atomic mass is 9.95. The number of halogens is 2. The predicted molar refractivity (Wildman–Crippen MR) is 58.6 cm³/mol. The van der Waals surface area contributed by atoms with Gasteiger partial charge >= 0.3 is 0 Å². The molecule has 0 atom stereocenters. The molecule has 1 aromatic carbocycles. The van der Waals surface area contributed by atoms with E-state index in [0.29, 0.717) is 12.0 Å². The van der Waals surface area contributed by atoms with Gasteiger partial charge in [0.05, 0.1) is 5.60 Å². The van der Waals surface area contributed by atoms with Crippen molar-refractivity contribution in [2.24, 2.45) is 0 Å². The zero-order valence-electron chi connectivity index (χ0n) is 9.56. The molecule has 0 amide bonds. The first-order chi connectivity index (χ1) is 7.30. The molecule has 1 saturated carbocycles. The molecule has 1 N–H and O–H groups in total. The van der Waals surface area contributed by atoms with E-state index in [2.05, 4.69) is 0 Å². The molecule has 0 radical (unpaired) electrons. The molecule has 2 rings (SSSR count). The van der Waals surface area contributed by atoms with Gasteiger partial charge in [-0.25, -0.2) is 8.78 Å². The van der Waals surface area contributed by atoms with Gasteiger partial charge in [0.25, 0.3) is 5.92 Å². The molecule has 0 unspecified atom stereocenters. The second-order valence-electron chi connectivity index (χ2n) is 4.95. The summed E-state index contributed by atoms with van der Waals surface area (Å²) in [6.45, 7) is 2.77. The minimum Gasteiger partial charge on any atom is -0.390 e. The van der Waals surface area contributed by atoms with Gasteiger partial charge in [-0.1, -0.05) is 23.8 Å². The fourth-order valence-corrected chi connectivity index (χ4v) is 1.97. The molecule has 88 valence electrons. The van der Waals surface area contributed by atoms with Crippen molar-refractivity contribution in [1.82, 2.24) is 0 Å². The van der Waals surface area contributed by atoms with Crippen LogP contribution in [0.1, 0.15) is 36.5 Å². The molecular formula is C13H16F2O. The molecular weight excluding hydrogens is 210 g/mol. The van der Waals surface area contributed by atoms with Crippen LogP contribution in [0, 0.1) is 6.92 Å². The summed E-state index contributed by atoms with van der Waals surface area (Å²) in [6.07, 6.45) is 1.78. The molecule has 1 aliphatic carbocycles. The van der Waals surface area contributed by atoms with E-state index in [1.165, 1.54) is 6.07 Å². The van der Waals surface area contributed by atoms with Gasteiger partial charge in [-0.15, -0.1) is 0 Å². The second kappa shape index (κ2) is 3.52. The quantitative estimate of drug-likeness (QED) is 0.839. The van der Waals surface area contributed by atoms with E-state index in [9.17, 15) is 13.9 Å². The van der Waals surface area contributed by atoms with Crippen LogP contribution in [0.25, 0.3) is 0 Å². The number of hydrogen-bond donors (Lipinski definition) is 1. The van der Waals surface area contributed by atoms with Gasteiger partial charge in [-0.05, 0) is 25.3 Å². The highest BCUT2D eigenvalue weighted by molar-refractivity contribution is 5.36. The molecule has 1 nitrogen and oxygen atoms in total. The van der Waals surface area contributed by atoms with Crippen molar-refractivity contribution in [1.29, 1.82) is 0 Å². The summed E-state index contributed by atoms with van der Waals surface area (Å²) < 4.78 is 26.7. The third kappa shape index (κ3) is 2.40. The van der Waals surface area contributed by atoms with Crippen LogP contribution in [0.15, 0.2) is 18.2 Å². The van der Waals surface area contributed by atoms with E-state index in [-0.39, 0.29) is 5.56 Å². The number of alkyl halides is 2. The predicted octanol–water partition coefficient (Wildman–Crippen LogP) is 3.17. The fraction of sp³-hybridized carbons (Fsp3) is 0.538. The largest absolute Gasteiger partial charge is 0.390 e. The summed E-state index contributed by atoms with van der Waals surface area (Å²) in [5, 5.41) is 9.82. The van der Waals surface area contributed by atoms with Gasteiger partial charge < -0.3 is 5.11 Å². The highest BCUT2D eigenvalue weighted by Crippen LogP contribution is 2.41. The van der Waals surface area contributed by atoms with Crippen molar-refractivity contribution in [3.8, 4) is 0 Å². The molecule has 0 heterocycles. The van der Waals surface area contributed by atoms with Crippen LogP contribution in [0.3, 0.4) is 0 Å². The SMILES string of the molecule is Cc1ccc(C(C)(F)F)c(CC2(O)CC2)c1. The zero-order chi connectivity index (χ0) is 12.0. The van der Waals surface area contributed by atoms with E-state index < -0.39 is 11.5 Å². The lowest BCUT2D eigenvalue weighted by Gasteiger charge is -2.18. The van der Waals surface area contributed by atoms with E-state index in [1.807, 2.05) is 6.92 Å². The Morgan fingerprint density at radius 3 is 2.50 bits per heavy atom. The van der Waals surface area contributed by atoms with Crippen LogP contribution in [0.4, 0.5) is 8.78 Å². The Bertz CT molecular complexity index is 403. The Morgan fingerprint density at radius 2 is 2.00 bits per heavy atom. The maximum Gasteiger partial charge on any atom is 0.270 e. The number of rotatable bonds is 3. The highest BCUT2D eigenvalue weighted by atomic mass is 19.3. The lowest BCUT2D eigenvalue weighted by Crippen LogP contribution is -2.17. The highest BCUT2D eigenvalue weighted by Gasteiger charge is 2.41. The van der Waals surface area contributed by atoms with Crippen LogP contribution in [-0.2, 0) is 12.3 Å². The van der Waals surface area contributed by atoms with Crippen molar-refractivity contribution in [2.45, 2.75) is 44.6 Å². The lowest BCUT2D eigenvalue weighted by molar-refractivity contribution is 0.0158. The third-order valence-corrected chi connectivity index (χ3v) is 3.08. The van der Waals surface area contributed by atoms with Crippen molar-refractivity contribution < 1.29 is 13.9 Å². The average molecular weight is 226 g/mol. The molecule has 1 fully saturated rings. The van der Waals surface area contributed by atoms with Crippen molar-refractivity contribution in [2.75, 3.05) is 0 Å². The molecule has 0 bridgehead atoms. The van der Waals surface area contributed by atoms with Crippen LogP contribution >= 0.6 is 0 Å². The van der Waals surface area contributed by atoms with Crippen LogP contribution in [0.2, 0.25) is 0 Å². The summed E-state index contributed by atoms with van der Waals surface area (Å²) in [4.78, 5) is 0. The summed E-state index contributed by atoms with van der Waals surface area (Å²) in [5.74, 6) is -2.84.